The number of nitrogens with one attached hydrogen (secondary N) is 2. The molecule has 0 spiro atoms. The van der Waals surface area contributed by atoms with Gasteiger partial charge in [-0.15, -0.1) is 0 Å². The molecule has 0 saturated carbocycles. The first-order chi connectivity index (χ1) is 13.1. The first kappa shape index (κ1) is 18.5. The molecule has 27 heavy (non-hydrogen) atoms. The Labute approximate surface area is 160 Å². The van der Waals surface area contributed by atoms with E-state index in [1.807, 2.05) is 6.07 Å². The van der Waals surface area contributed by atoms with Gasteiger partial charge in [0.1, 0.15) is 17.3 Å². The molecule has 1 aromatic carbocycles. The Bertz CT molecular complexity index is 914. The Balaban J connectivity index is 1.69. The second-order valence-electron chi connectivity index (χ2n) is 5.37. The maximum absolute atomic E-state index is 12.5. The minimum atomic E-state index is -0.393. The number of nitrogens with zero attached hydrogens (tertiary/aromatic N) is 2. The number of amides is 1. The fraction of sp³-hybridized carbons (Fsp3) is 0.167. The molecular weight excluding hydrogens is 372 g/mol. The monoisotopic (exact) mass is 388 g/mol. The van der Waals surface area contributed by atoms with Gasteiger partial charge in [-0.2, -0.15) is 0 Å². The molecule has 1 amide bonds. The quantitative estimate of drug-likeness (QED) is 0.637. The van der Waals surface area contributed by atoms with Gasteiger partial charge in [0.15, 0.2) is 0 Å². The lowest BCUT2D eigenvalue weighted by atomic mass is 10.2. The third kappa shape index (κ3) is 4.48. The number of rotatable bonds is 7. The Morgan fingerprint density at radius 3 is 2.56 bits per heavy atom. The molecule has 8 nitrogen and oxygen atoms in total. The van der Waals surface area contributed by atoms with Crippen LogP contribution in [0.4, 0.5) is 11.6 Å². The Kier molecular flexibility index (Phi) is 5.77. The fourth-order valence-corrected chi connectivity index (χ4v) is 2.50. The normalized spacial score (nSPS) is 10.3. The molecule has 0 atom stereocenters. The number of benzene rings is 1. The highest BCUT2D eigenvalue weighted by atomic mass is 35.5. The summed E-state index contributed by atoms with van der Waals surface area (Å²) in [4.78, 5) is 20.7. The molecular formula is C18H17ClN4O4. The van der Waals surface area contributed by atoms with Gasteiger partial charge in [-0.05, 0) is 12.1 Å². The van der Waals surface area contributed by atoms with Crippen molar-refractivity contribution in [3.63, 3.8) is 0 Å². The first-order valence-corrected chi connectivity index (χ1v) is 8.29. The van der Waals surface area contributed by atoms with Crippen molar-refractivity contribution in [3.05, 3.63) is 59.3 Å². The zero-order valence-corrected chi connectivity index (χ0v) is 15.4. The molecule has 0 bridgehead atoms. The number of hydrogen-bond acceptors (Lipinski definition) is 7. The van der Waals surface area contributed by atoms with E-state index in [0.717, 1.165) is 5.76 Å². The maximum Gasteiger partial charge on any atom is 0.258 e. The largest absolute Gasteiger partial charge is 0.495 e. The number of carbonyl (C=O) groups is 1. The van der Waals surface area contributed by atoms with E-state index in [2.05, 4.69) is 20.6 Å². The number of anilines is 2. The second kappa shape index (κ2) is 8.41. The average molecular weight is 389 g/mol. The highest BCUT2D eigenvalue weighted by Crippen LogP contribution is 2.36. The Morgan fingerprint density at radius 1 is 1.19 bits per heavy atom. The molecule has 0 fully saturated rings. The Morgan fingerprint density at radius 2 is 1.93 bits per heavy atom. The topological polar surface area (TPSA) is 98.5 Å². The minimum Gasteiger partial charge on any atom is -0.495 e. The molecule has 2 aromatic heterocycles. The van der Waals surface area contributed by atoms with Gasteiger partial charge in [-0.1, -0.05) is 11.6 Å². The van der Waals surface area contributed by atoms with E-state index in [1.54, 1.807) is 24.5 Å². The van der Waals surface area contributed by atoms with Crippen LogP contribution in [0.15, 0.2) is 47.3 Å². The van der Waals surface area contributed by atoms with Crippen molar-refractivity contribution in [2.75, 3.05) is 24.9 Å². The van der Waals surface area contributed by atoms with Gasteiger partial charge >= 0.3 is 0 Å². The Hall–Kier alpha value is -3.26. The highest BCUT2D eigenvalue weighted by molar-refractivity contribution is 6.32. The number of ether oxygens (including phenoxy) is 2. The maximum atomic E-state index is 12.5. The highest BCUT2D eigenvalue weighted by Gasteiger charge is 2.14. The average Bonchev–Trinajstić information content (AvgIpc) is 3.21. The number of carbonyl (C=O) groups excluding carboxylic acids is 1. The number of hydrogen-bond donors (Lipinski definition) is 2. The van der Waals surface area contributed by atoms with Crippen LogP contribution in [0.5, 0.6) is 11.5 Å². The van der Waals surface area contributed by atoms with Gasteiger partial charge in [-0.3, -0.25) is 4.79 Å². The third-order valence-electron chi connectivity index (χ3n) is 3.64. The first-order valence-electron chi connectivity index (χ1n) is 7.92. The number of aromatic nitrogens is 2. The van der Waals surface area contributed by atoms with Gasteiger partial charge in [0.05, 0.1) is 43.3 Å². The van der Waals surface area contributed by atoms with Crippen LogP contribution in [-0.2, 0) is 6.54 Å². The van der Waals surface area contributed by atoms with Gasteiger partial charge in [-0.25, -0.2) is 9.97 Å². The lowest BCUT2D eigenvalue weighted by Crippen LogP contribution is -2.14. The van der Waals surface area contributed by atoms with E-state index in [-0.39, 0.29) is 5.56 Å². The van der Waals surface area contributed by atoms with Crippen molar-refractivity contribution in [2.24, 2.45) is 0 Å². The second-order valence-corrected chi connectivity index (χ2v) is 5.78. The summed E-state index contributed by atoms with van der Waals surface area (Å²) in [5.41, 5.74) is 0.707. The fourth-order valence-electron chi connectivity index (χ4n) is 2.27. The van der Waals surface area contributed by atoms with Crippen molar-refractivity contribution in [1.82, 2.24) is 9.97 Å². The van der Waals surface area contributed by atoms with Crippen molar-refractivity contribution < 1.29 is 18.7 Å². The van der Waals surface area contributed by atoms with Crippen molar-refractivity contribution in [3.8, 4) is 11.5 Å². The molecule has 3 aromatic rings. The van der Waals surface area contributed by atoms with Crippen LogP contribution in [0.1, 0.15) is 16.1 Å². The molecule has 9 heteroatoms. The van der Waals surface area contributed by atoms with Crippen LogP contribution < -0.4 is 20.1 Å². The zero-order valence-electron chi connectivity index (χ0n) is 14.7. The zero-order chi connectivity index (χ0) is 19.2. The smallest absolute Gasteiger partial charge is 0.258 e. The minimum absolute atomic E-state index is 0.287. The summed E-state index contributed by atoms with van der Waals surface area (Å²) in [6.07, 6.45) is 4.43. The molecule has 0 aliphatic heterocycles. The van der Waals surface area contributed by atoms with E-state index in [1.165, 1.54) is 26.6 Å². The van der Waals surface area contributed by atoms with E-state index < -0.39 is 5.91 Å². The summed E-state index contributed by atoms with van der Waals surface area (Å²) in [7, 11) is 2.97. The molecule has 2 N–H and O–H groups in total. The lowest BCUT2D eigenvalue weighted by Gasteiger charge is -2.13. The third-order valence-corrected chi connectivity index (χ3v) is 3.93. The summed E-state index contributed by atoms with van der Waals surface area (Å²) in [5, 5.41) is 6.12. The summed E-state index contributed by atoms with van der Waals surface area (Å²) in [6.45, 7) is 0.445. The molecule has 0 unspecified atom stereocenters. The van der Waals surface area contributed by atoms with Crippen LogP contribution >= 0.6 is 11.6 Å². The molecule has 0 radical (unpaired) electrons. The SMILES string of the molecule is COc1cc(NC(=O)c2cnc(NCc3ccco3)nc2)c(OC)cc1Cl. The number of halogens is 1. The molecule has 140 valence electrons. The number of methoxy groups -OCH3 is 2. The van der Waals surface area contributed by atoms with Crippen LogP contribution in [-0.4, -0.2) is 30.1 Å². The molecule has 0 aliphatic rings. The van der Waals surface area contributed by atoms with Gasteiger partial charge in [0.25, 0.3) is 5.91 Å². The van der Waals surface area contributed by atoms with E-state index in [9.17, 15) is 4.79 Å². The van der Waals surface area contributed by atoms with Gasteiger partial charge < -0.3 is 24.5 Å². The van der Waals surface area contributed by atoms with Crippen LogP contribution in [0.25, 0.3) is 0 Å². The summed E-state index contributed by atoms with van der Waals surface area (Å²) in [6, 6.07) is 6.78. The van der Waals surface area contributed by atoms with Crippen molar-refractivity contribution >= 4 is 29.1 Å². The van der Waals surface area contributed by atoms with E-state index in [0.29, 0.717) is 34.7 Å². The molecule has 2 heterocycles. The van der Waals surface area contributed by atoms with Crippen molar-refractivity contribution in [2.45, 2.75) is 6.54 Å². The van der Waals surface area contributed by atoms with Crippen LogP contribution in [0.2, 0.25) is 5.02 Å². The van der Waals surface area contributed by atoms with E-state index >= 15 is 0 Å². The lowest BCUT2D eigenvalue weighted by molar-refractivity contribution is 0.102. The molecule has 0 aliphatic carbocycles. The predicted molar refractivity (Wildman–Crippen MR) is 101 cm³/mol. The summed E-state index contributed by atoms with van der Waals surface area (Å²) >= 11 is 6.07. The number of furan rings is 1. The predicted octanol–water partition coefficient (Wildman–Crippen LogP) is 3.60. The van der Waals surface area contributed by atoms with Crippen LogP contribution in [0, 0.1) is 0 Å². The molecule has 0 saturated heterocycles. The molecule has 3 rings (SSSR count). The van der Waals surface area contributed by atoms with Crippen molar-refractivity contribution in [1.29, 1.82) is 0 Å². The summed E-state index contributed by atoms with van der Waals surface area (Å²) < 4.78 is 15.6. The van der Waals surface area contributed by atoms with Crippen LogP contribution in [0.3, 0.4) is 0 Å². The summed E-state index contributed by atoms with van der Waals surface area (Å²) in [5.74, 6) is 1.57. The van der Waals surface area contributed by atoms with E-state index in [4.69, 9.17) is 25.5 Å². The van der Waals surface area contributed by atoms with Gasteiger partial charge in [0, 0.05) is 24.5 Å². The van der Waals surface area contributed by atoms with Gasteiger partial charge in [0.2, 0.25) is 5.95 Å². The standard InChI is InChI=1S/C18H17ClN4O4/c1-25-15-7-14(16(26-2)6-13(15)19)23-17(24)11-8-20-18(21-9-11)22-10-12-4-3-5-27-12/h3-9H,10H2,1-2H3,(H,23,24)(H,20,21,22).